The van der Waals surface area contributed by atoms with Crippen LogP contribution in [0.3, 0.4) is 0 Å². The molecule has 1 aromatic heterocycles. The minimum absolute atomic E-state index is 0.118. The fraction of sp³-hybridized carbons (Fsp3) is 0.250. The van der Waals surface area contributed by atoms with E-state index in [1.54, 1.807) is 12.3 Å². The van der Waals surface area contributed by atoms with Gasteiger partial charge in [-0.05, 0) is 24.1 Å². The third-order valence-corrected chi connectivity index (χ3v) is 2.57. The molecule has 0 aliphatic rings. The lowest BCUT2D eigenvalue weighted by Crippen LogP contribution is -2.06. The molecule has 2 rings (SSSR count). The zero-order chi connectivity index (χ0) is 11.7. The highest BCUT2D eigenvalue weighted by atomic mass is 16.2. The van der Waals surface area contributed by atoms with E-state index in [1.165, 1.54) is 11.6 Å². The van der Waals surface area contributed by atoms with Crippen LogP contribution in [-0.4, -0.2) is 15.7 Å². The third-order valence-electron chi connectivity index (χ3n) is 2.57. The molecule has 0 radical (unpaired) electrons. The molecule has 0 saturated carbocycles. The van der Waals surface area contributed by atoms with Crippen molar-refractivity contribution >= 4 is 22.5 Å². The largest absolute Gasteiger partial charge is 0.273 e. The van der Waals surface area contributed by atoms with E-state index in [4.69, 9.17) is 6.57 Å². The van der Waals surface area contributed by atoms with Crippen LogP contribution in [-0.2, 0) is 6.42 Å². The van der Waals surface area contributed by atoms with E-state index in [0.29, 0.717) is 5.69 Å². The van der Waals surface area contributed by atoms with Crippen molar-refractivity contribution in [3.05, 3.63) is 35.3 Å². The summed E-state index contributed by atoms with van der Waals surface area (Å²) in [7, 11) is 0. The Morgan fingerprint density at radius 2 is 2.31 bits per heavy atom. The number of fused-ring (bicyclic) bond motifs is 1. The van der Waals surface area contributed by atoms with Crippen LogP contribution in [0.25, 0.3) is 15.7 Å². The van der Waals surface area contributed by atoms with Gasteiger partial charge in [0.05, 0.1) is 18.3 Å². The molecule has 16 heavy (non-hydrogen) atoms. The van der Waals surface area contributed by atoms with Crippen molar-refractivity contribution in [3.8, 4) is 0 Å². The quantitative estimate of drug-likeness (QED) is 0.683. The van der Waals surface area contributed by atoms with Crippen molar-refractivity contribution in [2.24, 2.45) is 0 Å². The normalized spacial score (nSPS) is 10.3. The van der Waals surface area contributed by atoms with Crippen LogP contribution in [0.2, 0.25) is 0 Å². The van der Waals surface area contributed by atoms with Gasteiger partial charge in [0.15, 0.2) is 5.69 Å². The lowest BCUT2D eigenvalue weighted by Gasteiger charge is -2.02. The molecular weight excluding hydrogens is 202 g/mol. The van der Waals surface area contributed by atoms with E-state index in [0.717, 1.165) is 22.9 Å². The second-order valence-corrected chi connectivity index (χ2v) is 3.58. The number of aromatic nitrogens is 2. The summed E-state index contributed by atoms with van der Waals surface area (Å²) in [6.45, 7) is 10.5. The van der Waals surface area contributed by atoms with Gasteiger partial charge in [0.25, 0.3) is 0 Å². The summed E-state index contributed by atoms with van der Waals surface area (Å²) in [6.07, 6.45) is 2.39. The summed E-state index contributed by atoms with van der Waals surface area (Å²) in [5.41, 5.74) is 2.36. The van der Waals surface area contributed by atoms with Crippen molar-refractivity contribution in [1.29, 1.82) is 0 Å². The topological polar surface area (TPSA) is 39.2 Å². The second kappa shape index (κ2) is 3.78. The van der Waals surface area contributed by atoms with Gasteiger partial charge in [-0.2, -0.15) is 5.10 Å². The lowest BCUT2D eigenvalue weighted by atomic mass is 10.1. The van der Waals surface area contributed by atoms with E-state index in [1.807, 2.05) is 13.0 Å². The highest BCUT2D eigenvalue weighted by Gasteiger charge is 2.09. The number of carbonyl (C=O) groups is 1. The minimum Gasteiger partial charge on any atom is -0.273 e. The maximum absolute atomic E-state index is 11.3. The molecule has 4 nitrogen and oxygen atoms in total. The molecule has 0 aliphatic heterocycles. The zero-order valence-corrected chi connectivity index (χ0v) is 9.19. The first-order valence-electron chi connectivity index (χ1n) is 5.06. The summed E-state index contributed by atoms with van der Waals surface area (Å²) < 4.78 is 1.36. The summed E-state index contributed by atoms with van der Waals surface area (Å²) in [5.74, 6) is -0.118. The molecule has 0 spiro atoms. The van der Waals surface area contributed by atoms with Gasteiger partial charge in [-0.15, -0.1) is 0 Å². The van der Waals surface area contributed by atoms with Crippen molar-refractivity contribution in [2.75, 3.05) is 0 Å². The predicted octanol–water partition coefficient (Wildman–Crippen LogP) is 2.81. The van der Waals surface area contributed by atoms with Gasteiger partial charge in [0.2, 0.25) is 5.91 Å². The molecule has 0 N–H and O–H groups in total. The molecule has 0 aliphatic carbocycles. The molecule has 1 heterocycles. The molecule has 0 saturated heterocycles. The summed E-state index contributed by atoms with van der Waals surface area (Å²) in [6, 6.07) is 3.66. The summed E-state index contributed by atoms with van der Waals surface area (Å²) in [4.78, 5) is 14.8. The number of aryl methyl sites for hydroxylation is 1. The van der Waals surface area contributed by atoms with E-state index < -0.39 is 0 Å². The molecule has 0 atom stereocenters. The lowest BCUT2D eigenvalue weighted by molar-refractivity contribution is 0.0927. The predicted molar refractivity (Wildman–Crippen MR) is 61.7 cm³/mol. The standard InChI is InChI=1S/C12H11N3O/c1-4-9-6-12-10(5-11(9)13-3)7-14-15(12)8(2)16/h5-7H,4H2,1-2H3. The molecule has 80 valence electrons. The number of rotatable bonds is 1. The van der Waals surface area contributed by atoms with Crippen LogP contribution in [0.5, 0.6) is 0 Å². The SMILES string of the molecule is [C-]#[N+]c1cc2cnn(C(C)=O)c2cc1CC. The Kier molecular flexibility index (Phi) is 2.45. The Hall–Kier alpha value is -2.15. The molecule has 0 unspecified atom stereocenters. The van der Waals surface area contributed by atoms with Crippen LogP contribution < -0.4 is 0 Å². The Morgan fingerprint density at radius 3 is 2.88 bits per heavy atom. The molecule has 0 fully saturated rings. The number of carbonyl (C=O) groups excluding carboxylic acids is 1. The number of hydrogen-bond acceptors (Lipinski definition) is 2. The van der Waals surface area contributed by atoms with Gasteiger partial charge in [0, 0.05) is 12.3 Å². The highest BCUT2D eigenvalue weighted by Crippen LogP contribution is 2.26. The van der Waals surface area contributed by atoms with Gasteiger partial charge in [0.1, 0.15) is 0 Å². The Balaban J connectivity index is 2.77. The van der Waals surface area contributed by atoms with Crippen LogP contribution in [0.4, 0.5) is 5.69 Å². The van der Waals surface area contributed by atoms with Crippen LogP contribution in [0.15, 0.2) is 18.3 Å². The van der Waals surface area contributed by atoms with Crippen molar-refractivity contribution in [3.63, 3.8) is 0 Å². The maximum atomic E-state index is 11.3. The first-order chi connectivity index (χ1) is 7.67. The molecule has 2 aromatic rings. The Bertz CT molecular complexity index is 604. The Morgan fingerprint density at radius 1 is 1.56 bits per heavy atom. The molecule has 4 heteroatoms. The fourth-order valence-electron chi connectivity index (χ4n) is 1.74. The van der Waals surface area contributed by atoms with Gasteiger partial charge < -0.3 is 0 Å². The van der Waals surface area contributed by atoms with Crippen LogP contribution >= 0.6 is 0 Å². The number of nitrogens with zero attached hydrogens (tertiary/aromatic N) is 3. The fourth-order valence-corrected chi connectivity index (χ4v) is 1.74. The second-order valence-electron chi connectivity index (χ2n) is 3.58. The van der Waals surface area contributed by atoms with Gasteiger partial charge in [-0.25, -0.2) is 9.53 Å². The average molecular weight is 213 g/mol. The summed E-state index contributed by atoms with van der Waals surface area (Å²) >= 11 is 0. The van der Waals surface area contributed by atoms with Crippen molar-refractivity contribution in [2.45, 2.75) is 20.3 Å². The van der Waals surface area contributed by atoms with E-state index in [-0.39, 0.29) is 5.91 Å². The van der Waals surface area contributed by atoms with Crippen LogP contribution in [0.1, 0.15) is 24.2 Å². The molecule has 1 aromatic carbocycles. The summed E-state index contributed by atoms with van der Waals surface area (Å²) in [5, 5.41) is 4.84. The van der Waals surface area contributed by atoms with Gasteiger partial charge >= 0.3 is 0 Å². The Labute approximate surface area is 93.3 Å². The zero-order valence-electron chi connectivity index (χ0n) is 9.19. The van der Waals surface area contributed by atoms with E-state index in [2.05, 4.69) is 9.94 Å². The molecular formula is C12H11N3O. The smallest absolute Gasteiger partial charge is 0.244 e. The van der Waals surface area contributed by atoms with Gasteiger partial charge in [-0.1, -0.05) is 6.92 Å². The highest BCUT2D eigenvalue weighted by molar-refractivity contribution is 5.92. The average Bonchev–Trinajstić information content (AvgIpc) is 2.69. The minimum atomic E-state index is -0.118. The van der Waals surface area contributed by atoms with Crippen LogP contribution in [0, 0.1) is 6.57 Å². The maximum Gasteiger partial charge on any atom is 0.244 e. The first kappa shape index (κ1) is 10.4. The molecule has 0 bridgehead atoms. The van der Waals surface area contributed by atoms with Gasteiger partial charge in [-0.3, -0.25) is 4.79 Å². The number of hydrogen-bond donors (Lipinski definition) is 0. The monoisotopic (exact) mass is 213 g/mol. The first-order valence-corrected chi connectivity index (χ1v) is 5.06. The van der Waals surface area contributed by atoms with E-state index in [9.17, 15) is 4.79 Å². The number of benzene rings is 1. The molecule has 0 amide bonds. The third kappa shape index (κ3) is 1.47. The van der Waals surface area contributed by atoms with E-state index >= 15 is 0 Å². The van der Waals surface area contributed by atoms with Crippen molar-refractivity contribution in [1.82, 2.24) is 9.78 Å². The van der Waals surface area contributed by atoms with Crippen molar-refractivity contribution < 1.29 is 4.79 Å².